The molecule has 134 valence electrons. The molecule has 3 aromatic rings. The van der Waals surface area contributed by atoms with Crippen LogP contribution >= 0.6 is 11.3 Å². The topological polar surface area (TPSA) is 63.2 Å². The number of hydrogen-bond donors (Lipinski definition) is 2. The highest BCUT2D eigenvalue weighted by atomic mass is 32.1. The Hall–Kier alpha value is -2.86. The van der Waals surface area contributed by atoms with Gasteiger partial charge in [-0.3, -0.25) is 0 Å². The number of carbonyl (C=O) groups is 1. The lowest BCUT2D eigenvalue weighted by Crippen LogP contribution is -2.37. The van der Waals surface area contributed by atoms with Gasteiger partial charge in [0.1, 0.15) is 0 Å². The summed E-state index contributed by atoms with van der Waals surface area (Å²) in [5.41, 5.74) is 1.89. The number of aromatic nitrogens is 1. The first kappa shape index (κ1) is 17.9. The fraction of sp³-hybridized carbons (Fsp3) is 0.200. The summed E-state index contributed by atoms with van der Waals surface area (Å²) in [4.78, 5) is 17.8. The van der Waals surface area contributed by atoms with Crippen LogP contribution in [0.15, 0.2) is 66.2 Å². The first-order chi connectivity index (χ1) is 12.8. The zero-order valence-electron chi connectivity index (χ0n) is 14.5. The molecule has 1 aromatic carbocycles. The molecule has 2 N–H and O–H groups in total. The van der Waals surface area contributed by atoms with Crippen LogP contribution < -0.4 is 15.4 Å². The second-order valence-corrected chi connectivity index (χ2v) is 6.57. The van der Waals surface area contributed by atoms with Crippen LogP contribution in [0, 0.1) is 0 Å². The fourth-order valence-electron chi connectivity index (χ4n) is 2.60. The van der Waals surface area contributed by atoms with Gasteiger partial charge in [0.05, 0.1) is 12.6 Å². The van der Waals surface area contributed by atoms with Crippen molar-refractivity contribution in [3.05, 3.63) is 82.2 Å². The molecule has 0 radical (unpaired) electrons. The molecule has 0 aliphatic heterocycles. The third kappa shape index (κ3) is 4.61. The van der Waals surface area contributed by atoms with E-state index in [1.54, 1.807) is 17.5 Å². The highest BCUT2D eigenvalue weighted by Gasteiger charge is 2.17. The van der Waals surface area contributed by atoms with E-state index in [4.69, 9.17) is 4.74 Å². The Kier molecular flexibility index (Phi) is 6.22. The van der Waals surface area contributed by atoms with E-state index in [0.29, 0.717) is 19.0 Å². The number of carbonyl (C=O) groups excluding carboxylic acids is 1. The van der Waals surface area contributed by atoms with Crippen LogP contribution in [0.1, 0.15) is 29.0 Å². The summed E-state index contributed by atoms with van der Waals surface area (Å²) in [6.07, 6.45) is 1.68. The largest absolute Gasteiger partial charge is 0.478 e. The third-order valence-electron chi connectivity index (χ3n) is 3.81. The van der Waals surface area contributed by atoms with Crippen molar-refractivity contribution in [1.82, 2.24) is 15.6 Å². The Balaban J connectivity index is 1.67. The van der Waals surface area contributed by atoms with Crippen LogP contribution in [0.25, 0.3) is 0 Å². The van der Waals surface area contributed by atoms with Crippen LogP contribution in [0.3, 0.4) is 0 Å². The Labute approximate surface area is 157 Å². The number of rotatable bonds is 7. The second-order valence-electron chi connectivity index (χ2n) is 5.59. The van der Waals surface area contributed by atoms with E-state index in [9.17, 15) is 4.79 Å². The number of pyridine rings is 1. The van der Waals surface area contributed by atoms with Crippen LogP contribution in [-0.4, -0.2) is 17.6 Å². The number of nitrogens with one attached hydrogen (secondary N) is 2. The maximum absolute atomic E-state index is 12.5. The molecule has 0 bridgehead atoms. The van der Waals surface area contributed by atoms with Crippen molar-refractivity contribution in [2.75, 3.05) is 6.61 Å². The lowest BCUT2D eigenvalue weighted by atomic mass is 10.1. The first-order valence-corrected chi connectivity index (χ1v) is 9.35. The van der Waals surface area contributed by atoms with Gasteiger partial charge in [-0.1, -0.05) is 42.5 Å². The van der Waals surface area contributed by atoms with Crippen LogP contribution in [0.2, 0.25) is 0 Å². The van der Waals surface area contributed by atoms with Crippen molar-refractivity contribution in [3.8, 4) is 5.88 Å². The maximum Gasteiger partial charge on any atom is 0.315 e. The predicted molar refractivity (Wildman–Crippen MR) is 103 cm³/mol. The SMILES string of the molecule is CCOc1ncccc1CNC(=O)NC(c1ccccc1)c1cccs1. The summed E-state index contributed by atoms with van der Waals surface area (Å²) >= 11 is 1.62. The van der Waals surface area contributed by atoms with Gasteiger partial charge in [0.25, 0.3) is 0 Å². The molecular formula is C20H21N3O2S. The van der Waals surface area contributed by atoms with Gasteiger partial charge in [0.15, 0.2) is 0 Å². The van der Waals surface area contributed by atoms with Gasteiger partial charge < -0.3 is 15.4 Å². The second kappa shape index (κ2) is 9.01. The molecule has 0 aliphatic carbocycles. The Bertz CT molecular complexity index is 822. The fourth-order valence-corrected chi connectivity index (χ4v) is 3.41. The molecule has 0 saturated heterocycles. The summed E-state index contributed by atoms with van der Waals surface area (Å²) in [6, 6.07) is 17.2. The normalized spacial score (nSPS) is 11.6. The minimum atomic E-state index is -0.237. The van der Waals surface area contributed by atoms with E-state index >= 15 is 0 Å². The van der Waals surface area contributed by atoms with Gasteiger partial charge in [0, 0.05) is 23.2 Å². The van der Waals surface area contributed by atoms with E-state index in [1.807, 2.05) is 66.9 Å². The molecule has 0 saturated carbocycles. The summed E-state index contributed by atoms with van der Waals surface area (Å²) in [5.74, 6) is 0.549. The molecule has 5 nitrogen and oxygen atoms in total. The number of amides is 2. The summed E-state index contributed by atoms with van der Waals surface area (Å²) in [6.45, 7) is 2.79. The van der Waals surface area contributed by atoms with Gasteiger partial charge in [-0.15, -0.1) is 11.3 Å². The average molecular weight is 367 g/mol. The van der Waals surface area contributed by atoms with Crippen LogP contribution in [-0.2, 0) is 6.54 Å². The standard InChI is InChI=1S/C20H21N3O2S/c1-2-25-19-16(10-6-12-21-19)14-22-20(24)23-18(17-11-7-13-26-17)15-8-4-3-5-9-15/h3-13,18H,2,14H2,1H3,(H2,22,23,24). The monoisotopic (exact) mass is 367 g/mol. The molecule has 26 heavy (non-hydrogen) atoms. The van der Waals surface area contributed by atoms with E-state index < -0.39 is 0 Å². The zero-order valence-corrected chi connectivity index (χ0v) is 15.3. The van der Waals surface area contributed by atoms with Crippen LogP contribution in [0.4, 0.5) is 4.79 Å². The van der Waals surface area contributed by atoms with E-state index in [1.165, 1.54) is 0 Å². The minimum Gasteiger partial charge on any atom is -0.478 e. The van der Waals surface area contributed by atoms with Gasteiger partial charge in [-0.05, 0) is 30.0 Å². The summed E-state index contributed by atoms with van der Waals surface area (Å²) in [7, 11) is 0. The molecule has 0 fully saturated rings. The van der Waals surface area contributed by atoms with Gasteiger partial charge in [0.2, 0.25) is 5.88 Å². The van der Waals surface area contributed by atoms with Crippen molar-refractivity contribution < 1.29 is 9.53 Å². The predicted octanol–water partition coefficient (Wildman–Crippen LogP) is 4.13. The minimum absolute atomic E-state index is 0.184. The van der Waals surface area contributed by atoms with Crippen molar-refractivity contribution in [3.63, 3.8) is 0 Å². The number of hydrogen-bond acceptors (Lipinski definition) is 4. The maximum atomic E-state index is 12.5. The van der Waals surface area contributed by atoms with Crippen molar-refractivity contribution >= 4 is 17.4 Å². The molecule has 0 aliphatic rings. The molecule has 2 aromatic heterocycles. The highest BCUT2D eigenvalue weighted by Crippen LogP contribution is 2.25. The lowest BCUT2D eigenvalue weighted by Gasteiger charge is -2.19. The number of nitrogens with zero attached hydrogens (tertiary/aromatic N) is 1. The third-order valence-corrected chi connectivity index (χ3v) is 4.74. The molecule has 1 unspecified atom stereocenters. The molecule has 1 atom stereocenters. The summed E-state index contributed by atoms with van der Waals surface area (Å²) in [5, 5.41) is 7.96. The Morgan fingerprint density at radius 1 is 1.15 bits per heavy atom. The molecule has 0 spiro atoms. The zero-order chi connectivity index (χ0) is 18.2. The molecule has 2 amide bonds. The smallest absolute Gasteiger partial charge is 0.315 e. The Morgan fingerprint density at radius 3 is 2.73 bits per heavy atom. The lowest BCUT2D eigenvalue weighted by molar-refractivity contribution is 0.238. The van der Waals surface area contributed by atoms with Gasteiger partial charge in [-0.25, -0.2) is 9.78 Å². The number of thiophene rings is 1. The molecule has 3 rings (SSSR count). The number of benzene rings is 1. The van der Waals surface area contributed by atoms with Gasteiger partial charge >= 0.3 is 6.03 Å². The molecule has 6 heteroatoms. The molecule has 2 heterocycles. The quantitative estimate of drug-likeness (QED) is 0.660. The van der Waals surface area contributed by atoms with E-state index in [2.05, 4.69) is 15.6 Å². The van der Waals surface area contributed by atoms with Crippen molar-refractivity contribution in [2.24, 2.45) is 0 Å². The number of ether oxygens (including phenoxy) is 1. The van der Waals surface area contributed by atoms with E-state index in [0.717, 1.165) is 16.0 Å². The Morgan fingerprint density at radius 2 is 2.00 bits per heavy atom. The average Bonchev–Trinajstić information content (AvgIpc) is 3.21. The number of urea groups is 1. The first-order valence-electron chi connectivity index (χ1n) is 8.47. The molecular weight excluding hydrogens is 346 g/mol. The van der Waals surface area contributed by atoms with Crippen LogP contribution in [0.5, 0.6) is 5.88 Å². The van der Waals surface area contributed by atoms with Gasteiger partial charge in [-0.2, -0.15) is 0 Å². The summed E-state index contributed by atoms with van der Waals surface area (Å²) < 4.78 is 5.50. The van der Waals surface area contributed by atoms with E-state index in [-0.39, 0.29) is 12.1 Å². The highest BCUT2D eigenvalue weighted by molar-refractivity contribution is 7.10. The van der Waals surface area contributed by atoms with Crippen molar-refractivity contribution in [2.45, 2.75) is 19.5 Å². The van der Waals surface area contributed by atoms with Crippen molar-refractivity contribution in [1.29, 1.82) is 0 Å².